The molecule has 5 rings (SSSR count). The van der Waals surface area contributed by atoms with Gasteiger partial charge >= 0.3 is 0 Å². The van der Waals surface area contributed by atoms with E-state index in [1.807, 2.05) is 6.19 Å². The lowest BCUT2D eigenvalue weighted by molar-refractivity contribution is 0.168. The van der Waals surface area contributed by atoms with Crippen molar-refractivity contribution < 1.29 is 9.13 Å². The van der Waals surface area contributed by atoms with E-state index in [4.69, 9.17) is 21.3 Å². The molecule has 1 aromatic rings. The molecule has 138 valence electrons. The summed E-state index contributed by atoms with van der Waals surface area (Å²) in [4.78, 5) is 5.06. The van der Waals surface area contributed by atoms with Crippen LogP contribution >= 0.6 is 11.6 Å². The third-order valence-corrected chi connectivity index (χ3v) is 6.52. The minimum Gasteiger partial charge on any atom is -0.477 e. The Labute approximate surface area is 158 Å². The highest BCUT2D eigenvalue weighted by Gasteiger charge is 2.58. The number of aliphatic imine (C=N–C) groups is 1. The van der Waals surface area contributed by atoms with Gasteiger partial charge in [0, 0.05) is 5.02 Å². The lowest BCUT2D eigenvalue weighted by Crippen LogP contribution is -2.47. The summed E-state index contributed by atoms with van der Waals surface area (Å²) in [7, 11) is 0. The third kappa shape index (κ3) is 2.95. The van der Waals surface area contributed by atoms with Gasteiger partial charge in [-0.3, -0.25) is 10.3 Å². The van der Waals surface area contributed by atoms with Gasteiger partial charge in [-0.1, -0.05) is 11.6 Å². The van der Waals surface area contributed by atoms with Crippen LogP contribution in [0.4, 0.5) is 4.39 Å². The van der Waals surface area contributed by atoms with E-state index in [-0.39, 0.29) is 11.3 Å². The molecule has 4 nitrogen and oxygen atoms in total. The van der Waals surface area contributed by atoms with E-state index in [1.165, 1.54) is 31.4 Å². The molecule has 0 spiro atoms. The molecular weight excluding hydrogens is 353 g/mol. The number of amidine groups is 1. The van der Waals surface area contributed by atoms with Crippen LogP contribution < -0.4 is 10.1 Å². The maximum absolute atomic E-state index is 14.2. The molecule has 6 heteroatoms. The van der Waals surface area contributed by atoms with Crippen LogP contribution in [-0.4, -0.2) is 17.0 Å². The Morgan fingerprint density at radius 3 is 2.65 bits per heavy atom. The van der Waals surface area contributed by atoms with Gasteiger partial charge in [0.05, 0.1) is 5.54 Å². The summed E-state index contributed by atoms with van der Waals surface area (Å²) >= 11 is 5.82. The van der Waals surface area contributed by atoms with Crippen LogP contribution in [-0.2, 0) is 0 Å². The molecule has 0 amide bonds. The van der Waals surface area contributed by atoms with Crippen molar-refractivity contribution in [1.82, 2.24) is 5.32 Å². The maximum Gasteiger partial charge on any atom is 0.182 e. The highest BCUT2D eigenvalue weighted by Crippen LogP contribution is 2.62. The van der Waals surface area contributed by atoms with Gasteiger partial charge in [-0.25, -0.2) is 4.39 Å². The molecule has 0 radical (unpaired) electrons. The van der Waals surface area contributed by atoms with Crippen molar-refractivity contribution >= 4 is 17.4 Å². The normalized spacial score (nSPS) is 32.6. The smallest absolute Gasteiger partial charge is 0.182 e. The molecule has 1 N–H and O–H groups in total. The van der Waals surface area contributed by atoms with E-state index >= 15 is 0 Å². The summed E-state index contributed by atoms with van der Waals surface area (Å²) < 4.78 is 20.1. The fourth-order valence-corrected chi connectivity index (χ4v) is 5.56. The summed E-state index contributed by atoms with van der Waals surface area (Å²) in [5.41, 5.74) is -1.04. The van der Waals surface area contributed by atoms with Crippen molar-refractivity contribution in [3.8, 4) is 11.9 Å². The first-order valence-corrected chi connectivity index (χ1v) is 9.58. The monoisotopic (exact) mass is 375 g/mol. The lowest BCUT2D eigenvalue weighted by atomic mass is 9.80. The minimum atomic E-state index is -0.959. The van der Waals surface area contributed by atoms with Gasteiger partial charge in [0.15, 0.2) is 29.2 Å². The Balaban J connectivity index is 1.64. The first-order valence-electron chi connectivity index (χ1n) is 9.21. The fraction of sp³-hybridized carbons (Fsp3) is 0.600. The average Bonchev–Trinajstić information content (AvgIpc) is 2.93. The van der Waals surface area contributed by atoms with Crippen LogP contribution in [0.25, 0.3) is 0 Å². The Hall–Kier alpha value is -1.80. The topological polar surface area (TPSA) is 57.4 Å². The zero-order chi connectivity index (χ0) is 18.5. The Bertz CT molecular complexity index is 787. The summed E-state index contributed by atoms with van der Waals surface area (Å²) in [6.45, 7) is 3.61. The van der Waals surface area contributed by atoms with Gasteiger partial charge in [-0.05, 0) is 81.9 Å². The molecule has 1 aromatic carbocycles. The molecule has 4 fully saturated rings. The molecule has 2 atom stereocenters. The van der Waals surface area contributed by atoms with Crippen LogP contribution in [0.5, 0.6) is 5.75 Å². The molecule has 4 aliphatic rings. The van der Waals surface area contributed by atoms with E-state index in [0.29, 0.717) is 16.8 Å². The van der Waals surface area contributed by atoms with Crippen molar-refractivity contribution in [1.29, 1.82) is 5.26 Å². The number of rotatable bonds is 4. The van der Waals surface area contributed by atoms with E-state index in [9.17, 15) is 9.65 Å². The molecule has 0 saturated heterocycles. The highest BCUT2D eigenvalue weighted by atomic mass is 35.5. The summed E-state index contributed by atoms with van der Waals surface area (Å²) in [6, 6.07) is 4.31. The molecule has 0 aromatic heterocycles. The SMILES string of the molecule is CC(C)(Oc1ccc(Cl)cc1F)C(=NC12CC3CC(CC1C3)C2)NC#N. The molecule has 0 aliphatic heterocycles. The van der Waals surface area contributed by atoms with Crippen molar-refractivity contribution in [3.05, 3.63) is 29.0 Å². The molecule has 2 unspecified atom stereocenters. The number of halogens is 2. The average molecular weight is 376 g/mol. The second-order valence-electron chi connectivity index (χ2n) is 8.53. The van der Waals surface area contributed by atoms with Crippen molar-refractivity contribution in [2.45, 2.75) is 57.1 Å². The highest BCUT2D eigenvalue weighted by molar-refractivity contribution is 6.30. The van der Waals surface area contributed by atoms with Gasteiger partial charge in [0.25, 0.3) is 0 Å². The molecule has 26 heavy (non-hydrogen) atoms. The molecule has 4 bridgehead atoms. The molecular formula is C20H23ClFN3O. The second-order valence-corrected chi connectivity index (χ2v) is 8.97. The zero-order valence-corrected chi connectivity index (χ0v) is 15.8. The van der Waals surface area contributed by atoms with Crippen molar-refractivity contribution in [3.63, 3.8) is 0 Å². The summed E-state index contributed by atoms with van der Waals surface area (Å²) in [5.74, 6) is 2.17. The summed E-state index contributed by atoms with van der Waals surface area (Å²) in [6.07, 6.45) is 7.98. The van der Waals surface area contributed by atoms with Gasteiger partial charge in [0.2, 0.25) is 0 Å². The Kier molecular flexibility index (Phi) is 4.15. The molecule has 4 saturated carbocycles. The second kappa shape index (κ2) is 6.13. The van der Waals surface area contributed by atoms with Gasteiger partial charge in [-0.2, -0.15) is 5.26 Å². The zero-order valence-electron chi connectivity index (χ0n) is 15.1. The fourth-order valence-electron chi connectivity index (χ4n) is 5.41. The van der Waals surface area contributed by atoms with Crippen LogP contribution in [0, 0.1) is 35.0 Å². The van der Waals surface area contributed by atoms with E-state index in [1.54, 1.807) is 19.9 Å². The molecule has 0 heterocycles. The van der Waals surface area contributed by atoms with Crippen LogP contribution in [0.3, 0.4) is 0 Å². The lowest BCUT2D eigenvalue weighted by Gasteiger charge is -2.33. The third-order valence-electron chi connectivity index (χ3n) is 6.28. The maximum atomic E-state index is 14.2. The first kappa shape index (κ1) is 17.6. The van der Waals surface area contributed by atoms with Gasteiger partial charge in [0.1, 0.15) is 0 Å². The predicted octanol–water partition coefficient (Wildman–Crippen LogP) is 4.68. The number of nitrogens with zero attached hydrogens (tertiary/aromatic N) is 2. The number of nitrogens with one attached hydrogen (secondary N) is 1. The Morgan fingerprint density at radius 2 is 2.04 bits per heavy atom. The first-order chi connectivity index (χ1) is 12.3. The number of nitriles is 1. The summed E-state index contributed by atoms with van der Waals surface area (Å²) in [5, 5.41) is 12.3. The quantitative estimate of drug-likeness (QED) is 0.359. The molecule has 4 aliphatic carbocycles. The van der Waals surface area contributed by atoms with Gasteiger partial charge in [-0.15, -0.1) is 0 Å². The van der Waals surface area contributed by atoms with E-state index < -0.39 is 11.4 Å². The van der Waals surface area contributed by atoms with E-state index in [0.717, 1.165) is 24.7 Å². The predicted molar refractivity (Wildman–Crippen MR) is 98.6 cm³/mol. The standard InChI is InChI=1S/C20H23ClFN3O/c1-19(2,26-17-4-3-15(21)8-16(17)22)18(24-11-23)25-20-9-12-5-13(10-20)7-14(20)6-12/h3-4,8,12-14H,5-7,9-10H2,1-2H3,(H,24,25). The minimum absolute atomic E-state index is 0.0774. The largest absolute Gasteiger partial charge is 0.477 e. The van der Waals surface area contributed by atoms with Crippen LogP contribution in [0.15, 0.2) is 23.2 Å². The van der Waals surface area contributed by atoms with Crippen LogP contribution in [0.2, 0.25) is 5.02 Å². The number of ether oxygens (including phenoxy) is 1. The Morgan fingerprint density at radius 1 is 1.35 bits per heavy atom. The van der Waals surface area contributed by atoms with Gasteiger partial charge < -0.3 is 4.74 Å². The van der Waals surface area contributed by atoms with Crippen molar-refractivity contribution in [2.75, 3.05) is 0 Å². The van der Waals surface area contributed by atoms with Crippen LogP contribution in [0.1, 0.15) is 46.0 Å². The number of hydrogen-bond donors (Lipinski definition) is 1. The van der Waals surface area contributed by atoms with E-state index in [2.05, 4.69) is 5.32 Å². The van der Waals surface area contributed by atoms with Crippen molar-refractivity contribution in [2.24, 2.45) is 22.7 Å². The number of hydrogen-bond acceptors (Lipinski definition) is 3. The number of benzene rings is 1.